The molecule has 2 rings (SSSR count). The summed E-state index contributed by atoms with van der Waals surface area (Å²) in [5.41, 5.74) is 5.42. The van der Waals surface area contributed by atoms with Gasteiger partial charge in [-0.3, -0.25) is 0 Å². The second-order valence-corrected chi connectivity index (χ2v) is 6.63. The van der Waals surface area contributed by atoms with Crippen molar-refractivity contribution in [1.82, 2.24) is 0 Å². The summed E-state index contributed by atoms with van der Waals surface area (Å²) in [6.07, 6.45) is 1.23. The Bertz CT molecular complexity index is 459. The molecule has 0 unspecified atom stereocenters. The molecule has 0 N–H and O–H groups in total. The van der Waals surface area contributed by atoms with Crippen LogP contribution in [0.2, 0.25) is 0 Å². The van der Waals surface area contributed by atoms with Gasteiger partial charge in [0.25, 0.3) is 0 Å². The lowest BCUT2D eigenvalue weighted by Crippen LogP contribution is -2.29. The summed E-state index contributed by atoms with van der Waals surface area (Å²) in [4.78, 5) is 0. The lowest BCUT2D eigenvalue weighted by atomic mass is 9.82. The Hall–Kier alpha value is -0.960. The minimum Gasteiger partial charge on any atom is -0.317 e. The number of aryl methyl sites for hydroxylation is 2. The molecule has 0 heterocycles. The topological polar surface area (TPSA) is 9.23 Å². The van der Waals surface area contributed by atoms with Gasteiger partial charge in [0, 0.05) is 6.92 Å². The van der Waals surface area contributed by atoms with E-state index in [1.54, 1.807) is 0 Å². The Labute approximate surface area is 126 Å². The zero-order valence-corrected chi connectivity index (χ0v) is 13.5. The number of hydrogen-bond donors (Lipinski definition) is 0. The van der Waals surface area contributed by atoms with Crippen LogP contribution in [0.1, 0.15) is 54.9 Å². The second-order valence-electron chi connectivity index (χ2n) is 6.63. The number of rotatable bonds is 4. The normalized spacial score (nSPS) is 23.3. The van der Waals surface area contributed by atoms with E-state index in [-0.39, 0.29) is 6.10 Å². The van der Waals surface area contributed by atoms with Crippen molar-refractivity contribution in [3.63, 3.8) is 0 Å². The maximum atomic E-state index is 12.9. The van der Waals surface area contributed by atoms with Crippen LogP contribution in [0.3, 0.4) is 0 Å². The molecule has 0 atom stereocenters. The average molecular weight is 296 g/mol. The van der Waals surface area contributed by atoms with Crippen molar-refractivity contribution in [3.8, 4) is 0 Å². The molecule has 1 fully saturated rings. The van der Waals surface area contributed by atoms with Crippen molar-refractivity contribution in [3.05, 3.63) is 34.4 Å². The third-order valence-corrected chi connectivity index (χ3v) is 4.68. The summed E-state index contributed by atoms with van der Waals surface area (Å²) in [6, 6.07) is 4.54. The Kier molecular flexibility index (Phi) is 5.03. The van der Waals surface area contributed by atoms with Gasteiger partial charge >= 0.3 is 6.11 Å². The van der Waals surface area contributed by atoms with Gasteiger partial charge in [-0.05, 0) is 81.0 Å². The summed E-state index contributed by atoms with van der Waals surface area (Å²) in [5.74, 6) is 0.594. The van der Waals surface area contributed by atoms with Crippen LogP contribution in [-0.4, -0.2) is 12.2 Å². The summed E-state index contributed by atoms with van der Waals surface area (Å²) < 4.78 is 30.5. The van der Waals surface area contributed by atoms with Crippen molar-refractivity contribution in [2.45, 2.75) is 72.0 Å². The molecule has 1 saturated carbocycles. The standard InChI is InChI=1S/C18H26F2O/c1-12-9-16(10-13(2)14(12)3)11-15-5-7-17(8-6-15)21-18(4,19)20/h9-10,15,17H,5-8,11H2,1-4H3. The third kappa shape index (κ3) is 4.77. The molecule has 1 nitrogen and oxygen atoms in total. The van der Waals surface area contributed by atoms with Crippen LogP contribution in [0, 0.1) is 26.7 Å². The van der Waals surface area contributed by atoms with E-state index in [9.17, 15) is 8.78 Å². The Balaban J connectivity index is 1.89. The molecule has 21 heavy (non-hydrogen) atoms. The largest absolute Gasteiger partial charge is 0.353 e. The average Bonchev–Trinajstić information content (AvgIpc) is 2.36. The van der Waals surface area contributed by atoms with E-state index in [2.05, 4.69) is 32.9 Å². The minimum atomic E-state index is -3.00. The molecular formula is C18H26F2O. The molecule has 1 aromatic rings. The maximum absolute atomic E-state index is 12.9. The van der Waals surface area contributed by atoms with Crippen LogP contribution < -0.4 is 0 Å². The molecule has 0 bridgehead atoms. The highest BCUT2D eigenvalue weighted by Gasteiger charge is 2.30. The van der Waals surface area contributed by atoms with Crippen molar-refractivity contribution in [1.29, 1.82) is 0 Å². The van der Waals surface area contributed by atoms with Crippen LogP contribution in [0.4, 0.5) is 8.78 Å². The fraction of sp³-hybridized carbons (Fsp3) is 0.667. The zero-order chi connectivity index (χ0) is 15.6. The van der Waals surface area contributed by atoms with E-state index < -0.39 is 6.11 Å². The van der Waals surface area contributed by atoms with Gasteiger partial charge in [0.1, 0.15) is 0 Å². The number of hydrogen-bond acceptors (Lipinski definition) is 1. The van der Waals surface area contributed by atoms with Crippen LogP contribution in [-0.2, 0) is 11.2 Å². The molecule has 1 aliphatic rings. The van der Waals surface area contributed by atoms with E-state index in [4.69, 9.17) is 4.74 Å². The van der Waals surface area contributed by atoms with E-state index in [1.165, 1.54) is 22.3 Å². The second kappa shape index (κ2) is 6.43. The molecule has 0 radical (unpaired) electrons. The number of alkyl halides is 2. The SMILES string of the molecule is Cc1cc(CC2CCC(OC(C)(F)F)CC2)cc(C)c1C. The molecule has 0 aromatic heterocycles. The van der Waals surface area contributed by atoms with Gasteiger partial charge in [0.2, 0.25) is 0 Å². The molecule has 0 amide bonds. The fourth-order valence-electron chi connectivity index (χ4n) is 3.32. The van der Waals surface area contributed by atoms with E-state index in [0.29, 0.717) is 5.92 Å². The molecule has 0 spiro atoms. The highest BCUT2D eigenvalue weighted by molar-refractivity contribution is 5.37. The van der Waals surface area contributed by atoms with Crippen LogP contribution in [0.5, 0.6) is 0 Å². The van der Waals surface area contributed by atoms with Crippen molar-refractivity contribution < 1.29 is 13.5 Å². The molecule has 1 aromatic carbocycles. The smallest absolute Gasteiger partial charge is 0.317 e. The van der Waals surface area contributed by atoms with Gasteiger partial charge in [-0.15, -0.1) is 0 Å². The summed E-state index contributed by atoms with van der Waals surface area (Å²) in [6.45, 7) is 7.29. The number of halogens is 2. The summed E-state index contributed by atoms with van der Waals surface area (Å²) in [7, 11) is 0. The monoisotopic (exact) mass is 296 g/mol. The summed E-state index contributed by atoms with van der Waals surface area (Å²) >= 11 is 0. The zero-order valence-electron chi connectivity index (χ0n) is 13.5. The minimum absolute atomic E-state index is 0.275. The van der Waals surface area contributed by atoms with Gasteiger partial charge in [0.05, 0.1) is 6.10 Å². The lowest BCUT2D eigenvalue weighted by Gasteiger charge is -2.30. The lowest BCUT2D eigenvalue weighted by molar-refractivity contribution is -0.255. The summed E-state index contributed by atoms with van der Waals surface area (Å²) in [5, 5.41) is 0. The highest BCUT2D eigenvalue weighted by Crippen LogP contribution is 2.32. The van der Waals surface area contributed by atoms with E-state index in [0.717, 1.165) is 39.0 Å². The van der Waals surface area contributed by atoms with Gasteiger partial charge in [-0.25, -0.2) is 0 Å². The van der Waals surface area contributed by atoms with Crippen LogP contribution in [0.25, 0.3) is 0 Å². The third-order valence-electron chi connectivity index (χ3n) is 4.68. The van der Waals surface area contributed by atoms with Gasteiger partial charge < -0.3 is 4.74 Å². The molecule has 0 aliphatic heterocycles. The Morgan fingerprint density at radius 1 is 1.05 bits per heavy atom. The van der Waals surface area contributed by atoms with Crippen molar-refractivity contribution >= 4 is 0 Å². The molecule has 0 saturated heterocycles. The molecule has 1 aliphatic carbocycles. The quantitative estimate of drug-likeness (QED) is 0.728. The van der Waals surface area contributed by atoms with Crippen LogP contribution >= 0.6 is 0 Å². The van der Waals surface area contributed by atoms with Gasteiger partial charge in [-0.1, -0.05) is 12.1 Å². The Morgan fingerprint density at radius 2 is 1.57 bits per heavy atom. The molecule has 3 heteroatoms. The molecular weight excluding hydrogens is 270 g/mol. The predicted octanol–water partition coefficient (Wildman–Crippen LogP) is 5.34. The van der Waals surface area contributed by atoms with Crippen LogP contribution in [0.15, 0.2) is 12.1 Å². The predicted molar refractivity (Wildman–Crippen MR) is 81.8 cm³/mol. The van der Waals surface area contributed by atoms with Crippen molar-refractivity contribution in [2.24, 2.45) is 5.92 Å². The Morgan fingerprint density at radius 3 is 2.05 bits per heavy atom. The fourth-order valence-corrected chi connectivity index (χ4v) is 3.32. The highest BCUT2D eigenvalue weighted by atomic mass is 19.3. The van der Waals surface area contributed by atoms with Gasteiger partial charge in [0.15, 0.2) is 0 Å². The van der Waals surface area contributed by atoms with E-state index in [1.807, 2.05) is 0 Å². The maximum Gasteiger partial charge on any atom is 0.353 e. The first-order chi connectivity index (χ1) is 9.74. The van der Waals surface area contributed by atoms with Gasteiger partial charge in [-0.2, -0.15) is 8.78 Å². The number of benzene rings is 1. The first-order valence-corrected chi connectivity index (χ1v) is 7.87. The van der Waals surface area contributed by atoms with E-state index >= 15 is 0 Å². The first-order valence-electron chi connectivity index (χ1n) is 7.87. The number of ether oxygens (including phenoxy) is 1. The van der Waals surface area contributed by atoms with Crippen molar-refractivity contribution in [2.75, 3.05) is 0 Å². The molecule has 118 valence electrons. The first kappa shape index (κ1) is 16.4.